The van der Waals surface area contributed by atoms with Crippen LogP contribution in [0.2, 0.25) is 0 Å². The molecular weight excluding hydrogens is 268 g/mol. The van der Waals surface area contributed by atoms with Crippen LogP contribution in [0.5, 0.6) is 0 Å². The molecule has 0 aliphatic carbocycles. The van der Waals surface area contributed by atoms with Crippen LogP contribution in [0.1, 0.15) is 32.8 Å². The van der Waals surface area contributed by atoms with Crippen LogP contribution >= 0.6 is 0 Å². The number of hydrogen-bond donors (Lipinski definition) is 0. The quantitative estimate of drug-likeness (QED) is 0.782. The maximum atomic E-state index is 12.2. The number of esters is 2. The van der Waals surface area contributed by atoms with Crippen molar-refractivity contribution in [2.75, 3.05) is 6.61 Å². The van der Waals surface area contributed by atoms with Crippen molar-refractivity contribution in [3.05, 3.63) is 35.9 Å². The molecule has 1 aromatic rings. The highest BCUT2D eigenvalue weighted by atomic mass is 16.6. The molecule has 1 fully saturated rings. The lowest BCUT2D eigenvalue weighted by Crippen LogP contribution is -2.36. The van der Waals surface area contributed by atoms with Crippen LogP contribution in [0.25, 0.3) is 0 Å². The molecule has 1 aliphatic heterocycles. The summed E-state index contributed by atoms with van der Waals surface area (Å²) in [5.74, 6) is -1.20. The SMILES string of the molecule is CCOC(=O)[C@H]1[C@@H](CCc2ccccc2)OC(=O)C1(C)C. The van der Waals surface area contributed by atoms with Crippen molar-refractivity contribution in [1.29, 1.82) is 0 Å². The van der Waals surface area contributed by atoms with Crippen molar-refractivity contribution >= 4 is 11.9 Å². The van der Waals surface area contributed by atoms with Gasteiger partial charge in [-0.2, -0.15) is 0 Å². The van der Waals surface area contributed by atoms with Crippen molar-refractivity contribution in [3.8, 4) is 0 Å². The minimum absolute atomic E-state index is 0.311. The summed E-state index contributed by atoms with van der Waals surface area (Å²) in [4.78, 5) is 24.2. The summed E-state index contributed by atoms with van der Waals surface area (Å²) in [6, 6.07) is 9.97. The Labute approximate surface area is 125 Å². The molecule has 2 rings (SSSR count). The molecule has 4 heteroatoms. The zero-order valence-electron chi connectivity index (χ0n) is 12.8. The number of rotatable bonds is 5. The fourth-order valence-electron chi connectivity index (χ4n) is 2.81. The molecule has 1 saturated heterocycles. The maximum absolute atomic E-state index is 12.2. The van der Waals surface area contributed by atoms with Crippen molar-refractivity contribution in [2.24, 2.45) is 11.3 Å². The standard InChI is InChI=1S/C17H22O4/c1-4-20-15(18)14-13(21-16(19)17(14,2)3)11-10-12-8-6-5-7-9-12/h5-9,13-14H,4,10-11H2,1-3H3/t13-,14-/m1/s1. The number of hydrogen-bond acceptors (Lipinski definition) is 4. The van der Waals surface area contributed by atoms with Crippen LogP contribution in [0.4, 0.5) is 0 Å². The lowest BCUT2D eigenvalue weighted by molar-refractivity contribution is -0.153. The molecular formula is C17H22O4. The lowest BCUT2D eigenvalue weighted by Gasteiger charge is -2.23. The van der Waals surface area contributed by atoms with Crippen LogP contribution < -0.4 is 0 Å². The molecule has 21 heavy (non-hydrogen) atoms. The molecule has 114 valence electrons. The Morgan fingerprint density at radius 1 is 1.29 bits per heavy atom. The van der Waals surface area contributed by atoms with Crippen LogP contribution in [0, 0.1) is 11.3 Å². The van der Waals surface area contributed by atoms with Gasteiger partial charge in [-0.25, -0.2) is 0 Å². The first kappa shape index (κ1) is 15.5. The molecule has 4 nitrogen and oxygen atoms in total. The fraction of sp³-hybridized carbons (Fsp3) is 0.529. The number of benzene rings is 1. The van der Waals surface area contributed by atoms with Gasteiger partial charge in [0, 0.05) is 0 Å². The lowest BCUT2D eigenvalue weighted by atomic mass is 9.77. The third kappa shape index (κ3) is 3.26. The van der Waals surface area contributed by atoms with Gasteiger partial charge in [-0.05, 0) is 39.2 Å². The Balaban J connectivity index is 2.09. The van der Waals surface area contributed by atoms with Gasteiger partial charge in [-0.3, -0.25) is 9.59 Å². The Morgan fingerprint density at radius 2 is 1.95 bits per heavy atom. The molecule has 0 unspecified atom stereocenters. The van der Waals surface area contributed by atoms with E-state index in [4.69, 9.17) is 9.47 Å². The van der Waals surface area contributed by atoms with E-state index in [0.717, 1.165) is 6.42 Å². The topological polar surface area (TPSA) is 52.6 Å². The Kier molecular flexibility index (Phi) is 4.66. The number of cyclic esters (lactones) is 1. The van der Waals surface area contributed by atoms with Gasteiger partial charge in [-0.15, -0.1) is 0 Å². The summed E-state index contributed by atoms with van der Waals surface area (Å²) >= 11 is 0. The fourth-order valence-corrected chi connectivity index (χ4v) is 2.81. The van der Waals surface area contributed by atoms with E-state index in [0.29, 0.717) is 13.0 Å². The van der Waals surface area contributed by atoms with Gasteiger partial charge in [0.15, 0.2) is 0 Å². The summed E-state index contributed by atoms with van der Waals surface area (Å²) in [5.41, 5.74) is 0.342. The zero-order valence-corrected chi connectivity index (χ0v) is 12.8. The van der Waals surface area contributed by atoms with E-state index in [1.54, 1.807) is 20.8 Å². The number of ether oxygens (including phenoxy) is 2. The highest BCUT2D eigenvalue weighted by Crippen LogP contribution is 2.41. The molecule has 1 aliphatic rings. The Bertz CT molecular complexity index is 507. The predicted octanol–water partition coefficient (Wildman–Crippen LogP) is 2.75. The van der Waals surface area contributed by atoms with Gasteiger partial charge in [0.25, 0.3) is 0 Å². The van der Waals surface area contributed by atoms with Gasteiger partial charge in [0.05, 0.1) is 12.0 Å². The average molecular weight is 290 g/mol. The summed E-state index contributed by atoms with van der Waals surface area (Å²) in [6.07, 6.45) is 0.986. The summed E-state index contributed by atoms with van der Waals surface area (Å²) in [7, 11) is 0. The molecule has 1 aromatic carbocycles. The van der Waals surface area contributed by atoms with Gasteiger partial charge in [0.1, 0.15) is 12.0 Å². The number of aryl methyl sites for hydroxylation is 1. The number of carbonyl (C=O) groups excluding carboxylic acids is 2. The maximum Gasteiger partial charge on any atom is 0.313 e. The molecule has 1 heterocycles. The average Bonchev–Trinajstić information content (AvgIpc) is 2.68. The third-order valence-electron chi connectivity index (χ3n) is 4.03. The monoisotopic (exact) mass is 290 g/mol. The first-order valence-corrected chi connectivity index (χ1v) is 7.38. The summed E-state index contributed by atoms with van der Waals surface area (Å²) in [6.45, 7) is 5.57. The van der Waals surface area contributed by atoms with E-state index < -0.39 is 17.4 Å². The largest absolute Gasteiger partial charge is 0.466 e. The first-order valence-electron chi connectivity index (χ1n) is 7.38. The minimum atomic E-state index is -0.826. The van der Waals surface area contributed by atoms with E-state index in [9.17, 15) is 9.59 Å². The smallest absolute Gasteiger partial charge is 0.313 e. The second kappa shape index (κ2) is 6.29. The van der Waals surface area contributed by atoms with Gasteiger partial charge >= 0.3 is 11.9 Å². The van der Waals surface area contributed by atoms with Crippen molar-refractivity contribution in [2.45, 2.75) is 39.7 Å². The second-order valence-corrected chi connectivity index (χ2v) is 5.92. The van der Waals surface area contributed by atoms with Gasteiger partial charge < -0.3 is 9.47 Å². The van der Waals surface area contributed by atoms with E-state index in [1.807, 2.05) is 30.3 Å². The van der Waals surface area contributed by atoms with Gasteiger partial charge in [0.2, 0.25) is 0 Å². The summed E-state index contributed by atoms with van der Waals surface area (Å²) < 4.78 is 10.6. The highest BCUT2D eigenvalue weighted by molar-refractivity contribution is 5.88. The van der Waals surface area contributed by atoms with Gasteiger partial charge in [-0.1, -0.05) is 30.3 Å². The molecule has 0 amide bonds. The third-order valence-corrected chi connectivity index (χ3v) is 4.03. The van der Waals surface area contributed by atoms with Crippen LogP contribution in [-0.2, 0) is 25.5 Å². The van der Waals surface area contributed by atoms with E-state index in [1.165, 1.54) is 5.56 Å². The Morgan fingerprint density at radius 3 is 2.57 bits per heavy atom. The van der Waals surface area contributed by atoms with Crippen molar-refractivity contribution in [3.63, 3.8) is 0 Å². The summed E-state index contributed by atoms with van der Waals surface area (Å²) in [5, 5.41) is 0. The molecule has 2 atom stereocenters. The molecule has 0 aromatic heterocycles. The van der Waals surface area contributed by atoms with Crippen LogP contribution in [-0.4, -0.2) is 24.6 Å². The molecule has 0 saturated carbocycles. The molecule has 0 radical (unpaired) electrons. The van der Waals surface area contributed by atoms with Crippen molar-refractivity contribution < 1.29 is 19.1 Å². The predicted molar refractivity (Wildman–Crippen MR) is 78.5 cm³/mol. The molecule has 0 bridgehead atoms. The second-order valence-electron chi connectivity index (χ2n) is 5.92. The van der Waals surface area contributed by atoms with E-state index >= 15 is 0 Å². The first-order chi connectivity index (χ1) is 9.96. The number of carbonyl (C=O) groups is 2. The molecule has 0 spiro atoms. The van der Waals surface area contributed by atoms with Crippen LogP contribution in [0.15, 0.2) is 30.3 Å². The van der Waals surface area contributed by atoms with Crippen LogP contribution in [0.3, 0.4) is 0 Å². The zero-order chi connectivity index (χ0) is 15.5. The highest BCUT2D eigenvalue weighted by Gasteiger charge is 2.55. The Hall–Kier alpha value is -1.84. The molecule has 0 N–H and O–H groups in total. The van der Waals surface area contributed by atoms with E-state index in [-0.39, 0.29) is 11.9 Å². The van der Waals surface area contributed by atoms with Crippen molar-refractivity contribution in [1.82, 2.24) is 0 Å². The normalized spacial score (nSPS) is 23.7. The minimum Gasteiger partial charge on any atom is -0.466 e. The van der Waals surface area contributed by atoms with E-state index in [2.05, 4.69) is 0 Å².